The number of anilines is 1. The van der Waals surface area contributed by atoms with Gasteiger partial charge < -0.3 is 20.0 Å². The number of carbonyl (C=O) groups is 3. The number of carbonyl (C=O) groups excluding carboxylic acids is 3. The van der Waals surface area contributed by atoms with Gasteiger partial charge in [-0.3, -0.25) is 14.4 Å². The zero-order chi connectivity index (χ0) is 19.9. The molecule has 0 radical (unpaired) electrons. The average molecular weight is 381 g/mol. The van der Waals surface area contributed by atoms with E-state index in [2.05, 4.69) is 17.2 Å². The molecule has 7 nitrogen and oxygen atoms in total. The fraction of sp³-hybridized carbons (Fsp3) is 0.286. The molecule has 3 rings (SSSR count). The first-order chi connectivity index (χ1) is 13.6. The summed E-state index contributed by atoms with van der Waals surface area (Å²) in [4.78, 5) is 38.9. The van der Waals surface area contributed by atoms with E-state index in [1.165, 1.54) is 6.26 Å². The van der Waals surface area contributed by atoms with Crippen LogP contribution in [0.25, 0.3) is 0 Å². The lowest BCUT2D eigenvalue weighted by molar-refractivity contribution is -0.121. The number of hydrogen-bond donors (Lipinski definition) is 2. The molecular formula is C21H23N3O4. The predicted octanol–water partition coefficient (Wildman–Crippen LogP) is 2.69. The van der Waals surface area contributed by atoms with Crippen molar-refractivity contribution in [1.82, 2.24) is 10.2 Å². The maximum absolute atomic E-state index is 12.7. The molecule has 1 aromatic heterocycles. The van der Waals surface area contributed by atoms with Crippen LogP contribution >= 0.6 is 0 Å². The molecule has 0 bridgehead atoms. The summed E-state index contributed by atoms with van der Waals surface area (Å²) in [6.07, 6.45) is 4.18. The van der Waals surface area contributed by atoms with Crippen LogP contribution in [-0.4, -0.2) is 42.3 Å². The molecule has 2 aromatic rings. The van der Waals surface area contributed by atoms with Crippen LogP contribution in [0.1, 0.15) is 33.8 Å². The second kappa shape index (κ2) is 9.03. The van der Waals surface area contributed by atoms with Gasteiger partial charge in [0.05, 0.1) is 17.5 Å². The highest BCUT2D eigenvalue weighted by Gasteiger charge is 2.29. The van der Waals surface area contributed by atoms with Crippen LogP contribution in [0.3, 0.4) is 0 Å². The Labute approximate surface area is 163 Å². The molecule has 0 saturated carbocycles. The first-order valence-corrected chi connectivity index (χ1v) is 9.22. The number of amides is 3. The number of rotatable bonds is 6. The van der Waals surface area contributed by atoms with Gasteiger partial charge in [0.1, 0.15) is 0 Å². The second-order valence-electron chi connectivity index (χ2n) is 6.58. The number of likely N-dealkylation sites (tertiary alicyclic amines) is 1. The number of nitrogens with one attached hydrogen (secondary N) is 2. The molecule has 0 aliphatic carbocycles. The van der Waals surface area contributed by atoms with Crippen molar-refractivity contribution in [2.45, 2.75) is 12.8 Å². The van der Waals surface area contributed by atoms with Crippen molar-refractivity contribution in [2.75, 3.05) is 25.0 Å². The molecule has 1 aliphatic rings. The fourth-order valence-corrected chi connectivity index (χ4v) is 3.19. The first-order valence-electron chi connectivity index (χ1n) is 9.22. The third-order valence-corrected chi connectivity index (χ3v) is 4.72. The number of piperidine rings is 1. The van der Waals surface area contributed by atoms with Crippen LogP contribution in [-0.2, 0) is 4.79 Å². The second-order valence-corrected chi connectivity index (χ2v) is 6.58. The number of furan rings is 1. The molecule has 2 N–H and O–H groups in total. The van der Waals surface area contributed by atoms with E-state index in [4.69, 9.17) is 4.42 Å². The highest BCUT2D eigenvalue weighted by Crippen LogP contribution is 2.22. The van der Waals surface area contributed by atoms with E-state index in [-0.39, 0.29) is 23.6 Å². The molecule has 1 aliphatic heterocycles. The SMILES string of the molecule is C=CCNC(=O)c1ccccc1NC(=O)C1CCN(C(=O)c2ccco2)CC1. The lowest BCUT2D eigenvalue weighted by Crippen LogP contribution is -2.41. The highest BCUT2D eigenvalue weighted by atomic mass is 16.3. The number of hydrogen-bond acceptors (Lipinski definition) is 4. The Kier molecular flexibility index (Phi) is 6.26. The van der Waals surface area contributed by atoms with E-state index in [1.54, 1.807) is 47.4 Å². The Bertz CT molecular complexity index is 852. The third kappa shape index (κ3) is 4.49. The lowest BCUT2D eigenvalue weighted by Gasteiger charge is -2.30. The van der Waals surface area contributed by atoms with Crippen molar-refractivity contribution in [3.8, 4) is 0 Å². The van der Waals surface area contributed by atoms with Crippen molar-refractivity contribution < 1.29 is 18.8 Å². The van der Waals surface area contributed by atoms with E-state index >= 15 is 0 Å². The Hall–Kier alpha value is -3.35. The van der Waals surface area contributed by atoms with E-state index in [9.17, 15) is 14.4 Å². The van der Waals surface area contributed by atoms with Crippen LogP contribution in [0, 0.1) is 5.92 Å². The summed E-state index contributed by atoms with van der Waals surface area (Å²) in [5.41, 5.74) is 0.881. The minimum atomic E-state index is -0.269. The summed E-state index contributed by atoms with van der Waals surface area (Å²) in [6, 6.07) is 10.2. The smallest absolute Gasteiger partial charge is 0.289 e. The van der Waals surface area contributed by atoms with E-state index < -0.39 is 0 Å². The summed E-state index contributed by atoms with van der Waals surface area (Å²) >= 11 is 0. The largest absolute Gasteiger partial charge is 0.459 e. The van der Waals surface area contributed by atoms with Gasteiger partial charge in [0.15, 0.2) is 5.76 Å². The van der Waals surface area contributed by atoms with Crippen molar-refractivity contribution >= 4 is 23.4 Å². The van der Waals surface area contributed by atoms with Gasteiger partial charge >= 0.3 is 0 Å². The zero-order valence-corrected chi connectivity index (χ0v) is 15.5. The standard InChI is InChI=1S/C21H23N3O4/c1-2-11-22-20(26)16-6-3-4-7-17(16)23-19(25)15-9-12-24(13-10-15)21(27)18-8-5-14-28-18/h2-8,14-15H,1,9-13H2,(H,22,26)(H,23,25). The number of benzene rings is 1. The minimum absolute atomic E-state index is 0.144. The quantitative estimate of drug-likeness (QED) is 0.753. The topological polar surface area (TPSA) is 91.7 Å². The molecule has 1 saturated heterocycles. The molecular weight excluding hydrogens is 358 g/mol. The summed E-state index contributed by atoms with van der Waals surface area (Å²) < 4.78 is 5.15. The summed E-state index contributed by atoms with van der Waals surface area (Å²) in [5, 5.41) is 5.57. The van der Waals surface area contributed by atoms with Crippen LogP contribution in [0.15, 0.2) is 59.7 Å². The van der Waals surface area contributed by atoms with Gasteiger partial charge in [0.2, 0.25) is 5.91 Å². The molecule has 0 unspecified atom stereocenters. The van der Waals surface area contributed by atoms with E-state index in [0.29, 0.717) is 49.5 Å². The summed E-state index contributed by atoms with van der Waals surface area (Å²) in [5.74, 6) is -0.482. The first kappa shape index (κ1) is 19.4. The van der Waals surface area contributed by atoms with Crippen LogP contribution < -0.4 is 10.6 Å². The van der Waals surface area contributed by atoms with Crippen molar-refractivity contribution in [3.05, 3.63) is 66.6 Å². The van der Waals surface area contributed by atoms with E-state index in [0.717, 1.165) is 0 Å². The van der Waals surface area contributed by atoms with Crippen molar-refractivity contribution in [3.63, 3.8) is 0 Å². The summed E-state index contributed by atoms with van der Waals surface area (Å²) in [6.45, 7) is 4.90. The molecule has 7 heteroatoms. The lowest BCUT2D eigenvalue weighted by atomic mass is 9.95. The Balaban J connectivity index is 1.58. The van der Waals surface area contributed by atoms with Gasteiger partial charge in [-0.25, -0.2) is 0 Å². The molecule has 28 heavy (non-hydrogen) atoms. The van der Waals surface area contributed by atoms with Gasteiger partial charge in [0, 0.05) is 25.6 Å². The zero-order valence-electron chi connectivity index (χ0n) is 15.5. The predicted molar refractivity (Wildman–Crippen MR) is 105 cm³/mol. The molecule has 1 aromatic carbocycles. The molecule has 1 fully saturated rings. The molecule has 2 heterocycles. The van der Waals surface area contributed by atoms with Gasteiger partial charge in [-0.2, -0.15) is 0 Å². The Morgan fingerprint density at radius 1 is 1.14 bits per heavy atom. The normalized spacial score (nSPS) is 14.4. The highest BCUT2D eigenvalue weighted by molar-refractivity contribution is 6.04. The molecule has 146 valence electrons. The Morgan fingerprint density at radius 2 is 1.89 bits per heavy atom. The van der Waals surface area contributed by atoms with Crippen molar-refractivity contribution in [1.29, 1.82) is 0 Å². The fourth-order valence-electron chi connectivity index (χ4n) is 3.19. The van der Waals surface area contributed by atoms with Crippen molar-refractivity contribution in [2.24, 2.45) is 5.92 Å². The number of nitrogens with zero attached hydrogens (tertiary/aromatic N) is 1. The molecule has 0 atom stereocenters. The van der Waals surface area contributed by atoms with Crippen LogP contribution in [0.5, 0.6) is 0 Å². The van der Waals surface area contributed by atoms with Gasteiger partial charge in [0.25, 0.3) is 11.8 Å². The van der Waals surface area contributed by atoms with Gasteiger partial charge in [-0.05, 0) is 37.1 Å². The maximum atomic E-state index is 12.7. The van der Waals surface area contributed by atoms with Gasteiger partial charge in [-0.15, -0.1) is 6.58 Å². The minimum Gasteiger partial charge on any atom is -0.459 e. The van der Waals surface area contributed by atoms with E-state index in [1.807, 2.05) is 0 Å². The van der Waals surface area contributed by atoms with Crippen LogP contribution in [0.4, 0.5) is 5.69 Å². The Morgan fingerprint density at radius 3 is 2.57 bits per heavy atom. The monoisotopic (exact) mass is 381 g/mol. The van der Waals surface area contributed by atoms with Gasteiger partial charge in [-0.1, -0.05) is 18.2 Å². The molecule has 3 amide bonds. The number of para-hydroxylation sites is 1. The third-order valence-electron chi connectivity index (χ3n) is 4.72. The molecule has 0 spiro atoms. The maximum Gasteiger partial charge on any atom is 0.289 e. The summed E-state index contributed by atoms with van der Waals surface area (Å²) in [7, 11) is 0. The van der Waals surface area contributed by atoms with Crippen LogP contribution in [0.2, 0.25) is 0 Å². The average Bonchev–Trinajstić information content (AvgIpc) is 3.27.